The smallest absolute Gasteiger partial charge is 0.0897 e. The molecule has 4 heteroatoms. The Morgan fingerprint density at radius 3 is 2.47 bits per heavy atom. The number of nitrogens with zero attached hydrogens (tertiary/aromatic N) is 1. The third kappa shape index (κ3) is 10.3. The average molecular weight is 274 g/mol. The van der Waals surface area contributed by atoms with Crippen LogP contribution >= 0.6 is 0 Å². The Morgan fingerprint density at radius 1 is 1.21 bits per heavy atom. The number of hydrogen-bond donors (Lipinski definition) is 2. The van der Waals surface area contributed by atoms with Gasteiger partial charge in [-0.2, -0.15) is 0 Å². The van der Waals surface area contributed by atoms with Gasteiger partial charge in [0.05, 0.1) is 12.7 Å². The lowest BCUT2D eigenvalue weighted by molar-refractivity contribution is 0.0337. The number of rotatable bonds is 12. The van der Waals surface area contributed by atoms with Gasteiger partial charge in [-0.3, -0.25) is 0 Å². The fourth-order valence-corrected chi connectivity index (χ4v) is 1.61. The van der Waals surface area contributed by atoms with E-state index in [4.69, 9.17) is 4.74 Å². The lowest BCUT2D eigenvalue weighted by Gasteiger charge is -2.33. The molecule has 0 saturated heterocycles. The molecule has 0 heterocycles. The number of aliphatic hydroxyl groups is 1. The van der Waals surface area contributed by atoms with Crippen LogP contribution in [0, 0.1) is 0 Å². The number of aliphatic hydroxyl groups excluding tert-OH is 1. The Morgan fingerprint density at radius 2 is 1.89 bits per heavy atom. The van der Waals surface area contributed by atoms with Crippen LogP contribution < -0.4 is 5.32 Å². The van der Waals surface area contributed by atoms with Crippen molar-refractivity contribution in [2.24, 2.45) is 0 Å². The molecule has 116 valence electrons. The van der Waals surface area contributed by atoms with E-state index in [2.05, 4.69) is 45.1 Å². The lowest BCUT2D eigenvalue weighted by Crippen LogP contribution is -2.48. The summed E-state index contributed by atoms with van der Waals surface area (Å²) >= 11 is 0. The van der Waals surface area contributed by atoms with Crippen LogP contribution in [0.1, 0.15) is 46.5 Å². The minimum absolute atomic E-state index is 0.0979. The first-order chi connectivity index (χ1) is 8.90. The van der Waals surface area contributed by atoms with Crippen molar-refractivity contribution >= 4 is 0 Å². The molecule has 0 fully saturated rings. The fraction of sp³-hybridized carbons (Fsp3) is 1.00. The van der Waals surface area contributed by atoms with Crippen molar-refractivity contribution in [3.8, 4) is 0 Å². The van der Waals surface area contributed by atoms with Gasteiger partial charge in [-0.05, 0) is 34.4 Å². The molecule has 2 N–H and O–H groups in total. The standard InChI is InChI=1S/C15H34N2O2/c1-6-7-8-9-10-19-12-14(18)11-16-13-15(2,3)17(4)5/h14,16,18H,6-13H2,1-5H3. The number of nitrogens with one attached hydrogen (secondary N) is 1. The zero-order chi connectivity index (χ0) is 14.7. The maximum Gasteiger partial charge on any atom is 0.0897 e. The monoisotopic (exact) mass is 274 g/mol. The van der Waals surface area contributed by atoms with Gasteiger partial charge in [0.15, 0.2) is 0 Å². The maximum atomic E-state index is 9.79. The summed E-state index contributed by atoms with van der Waals surface area (Å²) in [6.45, 7) is 9.19. The quantitative estimate of drug-likeness (QED) is 0.533. The van der Waals surface area contributed by atoms with Crippen molar-refractivity contribution in [3.63, 3.8) is 0 Å². The zero-order valence-electron chi connectivity index (χ0n) is 13.5. The number of unbranched alkanes of at least 4 members (excludes halogenated alkanes) is 3. The van der Waals surface area contributed by atoms with Crippen LogP contribution in [0.2, 0.25) is 0 Å². The van der Waals surface area contributed by atoms with Crippen LogP contribution in [0.15, 0.2) is 0 Å². The van der Waals surface area contributed by atoms with Crippen molar-refractivity contribution in [2.75, 3.05) is 40.4 Å². The highest BCUT2D eigenvalue weighted by Crippen LogP contribution is 2.07. The molecule has 0 aromatic rings. The summed E-state index contributed by atoms with van der Waals surface area (Å²) in [6.07, 6.45) is 4.43. The van der Waals surface area contributed by atoms with Crippen LogP contribution in [-0.2, 0) is 4.74 Å². The third-order valence-corrected chi connectivity index (χ3v) is 3.60. The first-order valence-corrected chi connectivity index (χ1v) is 7.54. The summed E-state index contributed by atoms with van der Waals surface area (Å²) in [4.78, 5) is 2.18. The van der Waals surface area contributed by atoms with E-state index in [1.807, 2.05) is 0 Å². The van der Waals surface area contributed by atoms with Gasteiger partial charge in [0.2, 0.25) is 0 Å². The van der Waals surface area contributed by atoms with Gasteiger partial charge in [-0.15, -0.1) is 0 Å². The molecule has 0 bridgehead atoms. The summed E-state index contributed by atoms with van der Waals surface area (Å²) in [5.41, 5.74) is 0.0979. The normalized spacial score (nSPS) is 14.1. The van der Waals surface area contributed by atoms with E-state index in [0.29, 0.717) is 13.2 Å². The molecule has 1 atom stereocenters. The highest BCUT2D eigenvalue weighted by Gasteiger charge is 2.19. The van der Waals surface area contributed by atoms with E-state index >= 15 is 0 Å². The molecule has 0 radical (unpaired) electrons. The zero-order valence-corrected chi connectivity index (χ0v) is 13.5. The van der Waals surface area contributed by atoms with E-state index < -0.39 is 6.10 Å². The van der Waals surface area contributed by atoms with E-state index in [-0.39, 0.29) is 5.54 Å². The molecular weight excluding hydrogens is 240 g/mol. The molecule has 0 aliphatic carbocycles. The van der Waals surface area contributed by atoms with Crippen molar-refractivity contribution in [2.45, 2.75) is 58.1 Å². The Labute approximate surface area is 119 Å². The molecule has 0 aromatic carbocycles. The SMILES string of the molecule is CCCCCCOCC(O)CNCC(C)(C)N(C)C. The van der Waals surface area contributed by atoms with Crippen LogP contribution in [0.4, 0.5) is 0 Å². The van der Waals surface area contributed by atoms with Crippen LogP contribution in [-0.4, -0.2) is 62.0 Å². The van der Waals surface area contributed by atoms with Gasteiger partial charge < -0.3 is 20.1 Å². The topological polar surface area (TPSA) is 44.7 Å². The molecular formula is C15H34N2O2. The van der Waals surface area contributed by atoms with Crippen LogP contribution in [0.3, 0.4) is 0 Å². The second kappa shape index (κ2) is 10.6. The van der Waals surface area contributed by atoms with Gasteiger partial charge in [0.25, 0.3) is 0 Å². The van der Waals surface area contributed by atoms with Crippen LogP contribution in [0.5, 0.6) is 0 Å². The molecule has 19 heavy (non-hydrogen) atoms. The Kier molecular flexibility index (Phi) is 10.5. The average Bonchev–Trinajstić information content (AvgIpc) is 2.33. The van der Waals surface area contributed by atoms with E-state index in [1.54, 1.807) is 0 Å². The Hall–Kier alpha value is -0.160. The van der Waals surface area contributed by atoms with Gasteiger partial charge >= 0.3 is 0 Å². The van der Waals surface area contributed by atoms with E-state index in [1.165, 1.54) is 19.3 Å². The summed E-state index contributed by atoms with van der Waals surface area (Å²) in [5, 5.41) is 13.1. The first-order valence-electron chi connectivity index (χ1n) is 7.54. The molecule has 0 aromatic heterocycles. The van der Waals surface area contributed by atoms with Crippen molar-refractivity contribution in [1.82, 2.24) is 10.2 Å². The molecule has 0 aliphatic heterocycles. The molecule has 0 spiro atoms. The van der Waals surface area contributed by atoms with Crippen molar-refractivity contribution in [3.05, 3.63) is 0 Å². The number of ether oxygens (including phenoxy) is 1. The fourth-order valence-electron chi connectivity index (χ4n) is 1.61. The summed E-state index contributed by atoms with van der Waals surface area (Å²) in [7, 11) is 4.13. The molecule has 1 unspecified atom stereocenters. The van der Waals surface area contributed by atoms with Gasteiger partial charge in [0.1, 0.15) is 0 Å². The van der Waals surface area contributed by atoms with Crippen molar-refractivity contribution in [1.29, 1.82) is 0 Å². The lowest BCUT2D eigenvalue weighted by atomic mass is 10.0. The number of likely N-dealkylation sites (N-methyl/N-ethyl adjacent to an activating group) is 1. The highest BCUT2D eigenvalue weighted by molar-refractivity contribution is 4.80. The molecule has 0 amide bonds. The van der Waals surface area contributed by atoms with Gasteiger partial charge in [-0.1, -0.05) is 26.2 Å². The molecule has 0 rings (SSSR count). The minimum atomic E-state index is -0.413. The second-order valence-electron chi connectivity index (χ2n) is 6.13. The van der Waals surface area contributed by atoms with Crippen LogP contribution in [0.25, 0.3) is 0 Å². The predicted octanol–water partition coefficient (Wildman–Crippen LogP) is 1.87. The second-order valence-corrected chi connectivity index (χ2v) is 6.13. The summed E-state index contributed by atoms with van der Waals surface area (Å²) in [6, 6.07) is 0. The van der Waals surface area contributed by atoms with Crippen molar-refractivity contribution < 1.29 is 9.84 Å². The summed E-state index contributed by atoms with van der Waals surface area (Å²) in [5.74, 6) is 0. The molecule has 0 saturated carbocycles. The Balaban J connectivity index is 3.47. The number of hydrogen-bond acceptors (Lipinski definition) is 4. The third-order valence-electron chi connectivity index (χ3n) is 3.60. The molecule has 0 aliphatic rings. The van der Waals surface area contributed by atoms with E-state index in [0.717, 1.165) is 19.6 Å². The Bertz CT molecular complexity index is 208. The first kappa shape index (κ1) is 18.8. The predicted molar refractivity (Wildman–Crippen MR) is 81.6 cm³/mol. The molecule has 4 nitrogen and oxygen atoms in total. The van der Waals surface area contributed by atoms with Gasteiger partial charge in [0, 0.05) is 25.2 Å². The maximum absolute atomic E-state index is 9.79. The largest absolute Gasteiger partial charge is 0.389 e. The summed E-state index contributed by atoms with van der Waals surface area (Å²) < 4.78 is 5.47. The van der Waals surface area contributed by atoms with Gasteiger partial charge in [-0.25, -0.2) is 0 Å². The van der Waals surface area contributed by atoms with E-state index in [9.17, 15) is 5.11 Å². The highest BCUT2D eigenvalue weighted by atomic mass is 16.5. The minimum Gasteiger partial charge on any atom is -0.389 e.